The normalized spacial score (nSPS) is 11.9. The van der Waals surface area contributed by atoms with Crippen LogP contribution in [0.15, 0.2) is 53.0 Å². The summed E-state index contributed by atoms with van der Waals surface area (Å²) in [7, 11) is 0. The smallest absolute Gasteiger partial charge is 0.252 e. The van der Waals surface area contributed by atoms with Crippen molar-refractivity contribution < 1.29 is 9.90 Å². The number of nitrogens with two attached hydrogens (primary N) is 1. The maximum atomic E-state index is 12.3. The van der Waals surface area contributed by atoms with Gasteiger partial charge in [-0.25, -0.2) is 0 Å². The zero-order chi connectivity index (χ0) is 15.2. The third kappa shape index (κ3) is 4.31. The van der Waals surface area contributed by atoms with Crippen LogP contribution < -0.4 is 11.1 Å². The number of hydrogen-bond donors (Lipinski definition) is 3. The lowest BCUT2D eigenvalue weighted by Gasteiger charge is -2.17. The summed E-state index contributed by atoms with van der Waals surface area (Å²) < 4.78 is 0.672. The van der Waals surface area contributed by atoms with E-state index < -0.39 is 0 Å². The summed E-state index contributed by atoms with van der Waals surface area (Å²) >= 11 is 3.33. The lowest BCUT2D eigenvalue weighted by Crippen LogP contribution is -2.39. The molecule has 0 fully saturated rings. The number of amides is 1. The molecule has 2 aromatic rings. The first kappa shape index (κ1) is 15.5. The molecule has 0 saturated heterocycles. The van der Waals surface area contributed by atoms with E-state index >= 15 is 0 Å². The number of carbonyl (C=O) groups is 1. The van der Waals surface area contributed by atoms with E-state index in [1.54, 1.807) is 18.2 Å². The number of aliphatic hydroxyl groups is 1. The Bertz CT molecular complexity index is 617. The molecule has 0 saturated carbocycles. The Morgan fingerprint density at radius 1 is 1.24 bits per heavy atom. The molecule has 4 nitrogen and oxygen atoms in total. The van der Waals surface area contributed by atoms with E-state index in [0.717, 1.165) is 5.56 Å². The topological polar surface area (TPSA) is 75.4 Å². The van der Waals surface area contributed by atoms with E-state index in [4.69, 9.17) is 5.73 Å². The molecule has 0 aliphatic carbocycles. The lowest BCUT2D eigenvalue weighted by atomic mass is 10.1. The Hall–Kier alpha value is -1.85. The third-order valence-electron chi connectivity index (χ3n) is 3.12. The fraction of sp³-hybridized carbons (Fsp3) is 0.188. The standard InChI is InChI=1S/C16H17BrN2O2/c17-15-7-6-12(18)9-14(15)16(21)19-13(10-20)8-11-4-2-1-3-5-11/h1-7,9,13,20H,8,10,18H2,(H,19,21). The summed E-state index contributed by atoms with van der Waals surface area (Å²) in [6, 6.07) is 14.4. The van der Waals surface area contributed by atoms with Crippen molar-refractivity contribution in [1.82, 2.24) is 5.32 Å². The number of halogens is 1. The van der Waals surface area contributed by atoms with E-state index in [1.165, 1.54) is 0 Å². The number of nitrogens with one attached hydrogen (secondary N) is 1. The highest BCUT2D eigenvalue weighted by Crippen LogP contribution is 2.19. The molecule has 0 aliphatic heterocycles. The minimum Gasteiger partial charge on any atom is -0.399 e. The van der Waals surface area contributed by atoms with Crippen molar-refractivity contribution in [2.45, 2.75) is 12.5 Å². The van der Waals surface area contributed by atoms with Gasteiger partial charge in [-0.3, -0.25) is 4.79 Å². The van der Waals surface area contributed by atoms with E-state index in [0.29, 0.717) is 22.1 Å². The van der Waals surface area contributed by atoms with Crippen LogP contribution in [0, 0.1) is 0 Å². The molecule has 1 unspecified atom stereocenters. The average molecular weight is 349 g/mol. The van der Waals surface area contributed by atoms with Crippen LogP contribution in [0.2, 0.25) is 0 Å². The summed E-state index contributed by atoms with van der Waals surface area (Å²) in [5, 5.41) is 12.3. The second-order valence-corrected chi connectivity index (χ2v) is 5.64. The molecule has 2 aromatic carbocycles. The Morgan fingerprint density at radius 2 is 1.95 bits per heavy atom. The summed E-state index contributed by atoms with van der Waals surface area (Å²) in [5.74, 6) is -0.260. The minimum absolute atomic E-state index is 0.124. The maximum Gasteiger partial charge on any atom is 0.252 e. The third-order valence-corrected chi connectivity index (χ3v) is 3.81. The first-order valence-corrected chi connectivity index (χ1v) is 7.40. The monoisotopic (exact) mass is 348 g/mol. The minimum atomic E-state index is -0.340. The van der Waals surface area contributed by atoms with Gasteiger partial charge in [-0.1, -0.05) is 30.3 Å². The zero-order valence-corrected chi connectivity index (χ0v) is 13.0. The summed E-state index contributed by atoms with van der Waals surface area (Å²) in [5.41, 5.74) is 7.74. The molecule has 110 valence electrons. The predicted molar refractivity (Wildman–Crippen MR) is 87.0 cm³/mol. The van der Waals surface area contributed by atoms with Gasteiger partial charge in [0.05, 0.1) is 18.2 Å². The first-order chi connectivity index (χ1) is 10.1. The highest BCUT2D eigenvalue weighted by Gasteiger charge is 2.16. The van der Waals surface area contributed by atoms with E-state index in [1.807, 2.05) is 30.3 Å². The van der Waals surface area contributed by atoms with Gasteiger partial charge >= 0.3 is 0 Å². The number of carbonyl (C=O) groups excluding carboxylic acids is 1. The predicted octanol–water partition coefficient (Wildman–Crippen LogP) is 2.36. The van der Waals surface area contributed by atoms with Gasteiger partial charge in [0.15, 0.2) is 0 Å². The molecule has 0 bridgehead atoms. The second-order valence-electron chi connectivity index (χ2n) is 4.78. The lowest BCUT2D eigenvalue weighted by molar-refractivity contribution is 0.0916. The van der Waals surface area contributed by atoms with Gasteiger partial charge < -0.3 is 16.2 Å². The van der Waals surface area contributed by atoms with Crippen molar-refractivity contribution in [2.24, 2.45) is 0 Å². The van der Waals surface area contributed by atoms with Crippen molar-refractivity contribution in [3.63, 3.8) is 0 Å². The molecule has 21 heavy (non-hydrogen) atoms. The van der Waals surface area contributed by atoms with Crippen molar-refractivity contribution >= 4 is 27.5 Å². The molecule has 0 aliphatic rings. The molecule has 0 radical (unpaired) electrons. The Morgan fingerprint density at radius 3 is 2.62 bits per heavy atom. The van der Waals surface area contributed by atoms with Crippen molar-refractivity contribution in [3.05, 3.63) is 64.1 Å². The fourth-order valence-electron chi connectivity index (χ4n) is 2.04. The van der Waals surface area contributed by atoms with E-state index in [9.17, 15) is 9.90 Å². The van der Waals surface area contributed by atoms with Crippen LogP contribution in [0.5, 0.6) is 0 Å². The molecular weight excluding hydrogens is 332 g/mol. The maximum absolute atomic E-state index is 12.3. The van der Waals surface area contributed by atoms with Crippen LogP contribution in [0.1, 0.15) is 15.9 Å². The Labute approximate surface area is 132 Å². The van der Waals surface area contributed by atoms with Crippen LogP contribution >= 0.6 is 15.9 Å². The van der Waals surface area contributed by atoms with Crippen LogP contribution in [-0.4, -0.2) is 23.7 Å². The fourth-order valence-corrected chi connectivity index (χ4v) is 2.47. The summed E-state index contributed by atoms with van der Waals surface area (Å²) in [6.07, 6.45) is 0.572. The second kappa shape index (κ2) is 7.24. The highest BCUT2D eigenvalue weighted by molar-refractivity contribution is 9.10. The van der Waals surface area contributed by atoms with Crippen molar-refractivity contribution in [2.75, 3.05) is 12.3 Å². The summed E-state index contributed by atoms with van der Waals surface area (Å²) in [6.45, 7) is -0.124. The number of rotatable bonds is 5. The van der Waals surface area contributed by atoms with Gasteiger partial charge in [0.1, 0.15) is 0 Å². The molecule has 0 heterocycles. The molecule has 1 atom stereocenters. The van der Waals surface area contributed by atoms with Crippen LogP contribution in [0.3, 0.4) is 0 Å². The van der Waals surface area contributed by atoms with Gasteiger partial charge in [-0.05, 0) is 46.1 Å². The van der Waals surface area contributed by atoms with Gasteiger partial charge in [0.25, 0.3) is 5.91 Å². The Balaban J connectivity index is 2.07. The largest absolute Gasteiger partial charge is 0.399 e. The average Bonchev–Trinajstić information content (AvgIpc) is 2.50. The number of benzene rings is 2. The van der Waals surface area contributed by atoms with Gasteiger partial charge in [-0.2, -0.15) is 0 Å². The van der Waals surface area contributed by atoms with Gasteiger partial charge in [0, 0.05) is 10.2 Å². The van der Waals surface area contributed by atoms with E-state index in [2.05, 4.69) is 21.2 Å². The molecule has 0 aromatic heterocycles. The molecule has 1 amide bonds. The SMILES string of the molecule is Nc1ccc(Br)c(C(=O)NC(CO)Cc2ccccc2)c1. The van der Waals surface area contributed by atoms with Crippen molar-refractivity contribution in [3.8, 4) is 0 Å². The summed E-state index contributed by atoms with van der Waals surface area (Å²) in [4.78, 5) is 12.3. The number of hydrogen-bond acceptors (Lipinski definition) is 3. The van der Waals surface area contributed by atoms with Crippen LogP contribution in [0.25, 0.3) is 0 Å². The molecular formula is C16H17BrN2O2. The first-order valence-electron chi connectivity index (χ1n) is 6.61. The Kier molecular flexibility index (Phi) is 5.36. The molecule has 5 heteroatoms. The number of nitrogen functional groups attached to an aromatic ring is 1. The molecule has 2 rings (SSSR count). The van der Waals surface area contributed by atoms with Gasteiger partial charge in [0.2, 0.25) is 0 Å². The molecule has 0 spiro atoms. The number of anilines is 1. The number of aliphatic hydroxyl groups excluding tert-OH is 1. The van der Waals surface area contributed by atoms with Crippen molar-refractivity contribution in [1.29, 1.82) is 0 Å². The van der Waals surface area contributed by atoms with Crippen LogP contribution in [0.4, 0.5) is 5.69 Å². The molecule has 4 N–H and O–H groups in total. The highest BCUT2D eigenvalue weighted by atomic mass is 79.9. The van der Waals surface area contributed by atoms with E-state index in [-0.39, 0.29) is 18.6 Å². The van der Waals surface area contributed by atoms with Crippen LogP contribution in [-0.2, 0) is 6.42 Å². The van der Waals surface area contributed by atoms with Gasteiger partial charge in [-0.15, -0.1) is 0 Å². The quantitative estimate of drug-likeness (QED) is 0.726. The zero-order valence-electron chi connectivity index (χ0n) is 11.4.